The molecule has 6 heteroatoms. The molecule has 1 amide bonds. The fourth-order valence-corrected chi connectivity index (χ4v) is 2.65. The number of amides is 1. The van der Waals surface area contributed by atoms with Crippen molar-refractivity contribution in [1.82, 2.24) is 0 Å². The lowest BCUT2D eigenvalue weighted by atomic mass is 10.1. The average molecular weight is 405 g/mol. The summed E-state index contributed by atoms with van der Waals surface area (Å²) in [6, 6.07) is 20.7. The molecule has 0 aliphatic carbocycles. The minimum absolute atomic E-state index is 0.187. The quantitative estimate of drug-likeness (QED) is 0.342. The van der Waals surface area contributed by atoms with Crippen LogP contribution in [0.15, 0.2) is 78.9 Å². The van der Waals surface area contributed by atoms with Crippen LogP contribution in [0.5, 0.6) is 11.5 Å². The minimum atomic E-state index is -0.654. The number of carbonyl (C=O) groups is 2. The molecular weight excluding hydrogens is 385 g/mol. The Hall–Kier alpha value is -3.93. The minimum Gasteiger partial charge on any atom is -0.489 e. The smallest absolute Gasteiger partial charge is 0.308 e. The summed E-state index contributed by atoms with van der Waals surface area (Å²) in [6.45, 7) is 1.49. The summed E-state index contributed by atoms with van der Waals surface area (Å²) in [7, 11) is 0. The van der Waals surface area contributed by atoms with Gasteiger partial charge in [0.2, 0.25) is 5.91 Å². The third-order valence-corrected chi connectivity index (χ3v) is 4.05. The second kappa shape index (κ2) is 10.0. The number of nitrogens with one attached hydrogen (secondary N) is 1. The van der Waals surface area contributed by atoms with Crippen LogP contribution in [0.2, 0.25) is 0 Å². The molecule has 0 spiro atoms. The van der Waals surface area contributed by atoms with Gasteiger partial charge in [0.25, 0.3) is 0 Å². The van der Waals surface area contributed by atoms with Crippen molar-refractivity contribution in [2.75, 3.05) is 5.32 Å². The van der Waals surface area contributed by atoms with Gasteiger partial charge in [0.1, 0.15) is 12.4 Å². The molecule has 0 aliphatic heterocycles. The third kappa shape index (κ3) is 6.04. The highest BCUT2D eigenvalue weighted by Crippen LogP contribution is 2.21. The van der Waals surface area contributed by atoms with Crippen LogP contribution >= 0.6 is 0 Å². The molecule has 0 bridgehead atoms. The van der Waals surface area contributed by atoms with Gasteiger partial charge in [-0.2, -0.15) is 0 Å². The first-order chi connectivity index (χ1) is 14.5. The van der Waals surface area contributed by atoms with Crippen molar-refractivity contribution in [2.45, 2.75) is 13.5 Å². The van der Waals surface area contributed by atoms with E-state index in [-0.39, 0.29) is 11.7 Å². The van der Waals surface area contributed by atoms with Crippen molar-refractivity contribution in [3.63, 3.8) is 0 Å². The number of hydrogen-bond acceptors (Lipinski definition) is 4. The number of anilines is 1. The fourth-order valence-electron chi connectivity index (χ4n) is 2.65. The topological polar surface area (TPSA) is 64.6 Å². The van der Waals surface area contributed by atoms with Gasteiger partial charge >= 0.3 is 5.97 Å². The van der Waals surface area contributed by atoms with Crippen LogP contribution in [0.4, 0.5) is 10.1 Å². The van der Waals surface area contributed by atoms with Crippen molar-refractivity contribution >= 4 is 23.6 Å². The Bertz CT molecular complexity index is 1060. The Labute approximate surface area is 173 Å². The zero-order valence-corrected chi connectivity index (χ0v) is 16.3. The molecule has 3 aromatic rings. The molecule has 0 saturated heterocycles. The van der Waals surface area contributed by atoms with E-state index in [0.717, 1.165) is 11.3 Å². The van der Waals surface area contributed by atoms with E-state index in [1.54, 1.807) is 6.07 Å². The van der Waals surface area contributed by atoms with E-state index in [9.17, 15) is 14.0 Å². The molecule has 0 atom stereocenters. The van der Waals surface area contributed by atoms with Crippen molar-refractivity contribution in [1.29, 1.82) is 0 Å². The Morgan fingerprint density at radius 1 is 1.00 bits per heavy atom. The van der Waals surface area contributed by atoms with Crippen molar-refractivity contribution in [3.05, 3.63) is 95.8 Å². The zero-order chi connectivity index (χ0) is 21.3. The zero-order valence-electron chi connectivity index (χ0n) is 16.3. The second-order valence-corrected chi connectivity index (χ2v) is 6.36. The molecule has 0 aromatic heterocycles. The molecule has 0 saturated carbocycles. The van der Waals surface area contributed by atoms with E-state index in [2.05, 4.69) is 5.32 Å². The van der Waals surface area contributed by atoms with Gasteiger partial charge < -0.3 is 14.8 Å². The van der Waals surface area contributed by atoms with E-state index >= 15 is 0 Å². The predicted octanol–water partition coefficient (Wildman–Crippen LogP) is 4.98. The van der Waals surface area contributed by atoms with Gasteiger partial charge in [0.15, 0.2) is 11.6 Å². The van der Waals surface area contributed by atoms with Gasteiger partial charge in [-0.15, -0.1) is 0 Å². The van der Waals surface area contributed by atoms with Crippen LogP contribution < -0.4 is 14.8 Å². The summed E-state index contributed by atoms with van der Waals surface area (Å²) < 4.78 is 24.2. The van der Waals surface area contributed by atoms with Crippen LogP contribution in [0, 0.1) is 5.82 Å². The van der Waals surface area contributed by atoms with Gasteiger partial charge in [-0.05, 0) is 42.0 Å². The summed E-state index contributed by atoms with van der Waals surface area (Å²) >= 11 is 0. The first-order valence-electron chi connectivity index (χ1n) is 9.24. The van der Waals surface area contributed by atoms with Crippen molar-refractivity contribution in [3.8, 4) is 11.5 Å². The maximum Gasteiger partial charge on any atom is 0.308 e. The van der Waals surface area contributed by atoms with Crippen LogP contribution in [-0.4, -0.2) is 11.9 Å². The van der Waals surface area contributed by atoms with Gasteiger partial charge in [-0.25, -0.2) is 4.39 Å². The van der Waals surface area contributed by atoms with E-state index in [1.807, 2.05) is 48.5 Å². The lowest BCUT2D eigenvalue weighted by molar-refractivity contribution is -0.132. The monoisotopic (exact) mass is 405 g/mol. The molecular formula is C24H20FNO4. The molecule has 3 aromatic carbocycles. The van der Waals surface area contributed by atoms with Crippen LogP contribution in [0.3, 0.4) is 0 Å². The first-order valence-corrected chi connectivity index (χ1v) is 9.24. The SMILES string of the molecule is CC(=O)Oc1cc(C=CC(=O)Nc2ccccc2COc2ccccc2)ccc1F. The predicted molar refractivity (Wildman–Crippen MR) is 113 cm³/mol. The van der Waals surface area contributed by atoms with Crippen LogP contribution in [0.1, 0.15) is 18.1 Å². The highest BCUT2D eigenvalue weighted by Gasteiger charge is 2.08. The summed E-state index contributed by atoms with van der Waals surface area (Å²) in [4.78, 5) is 23.4. The van der Waals surface area contributed by atoms with Crippen LogP contribution in [-0.2, 0) is 16.2 Å². The Balaban J connectivity index is 1.66. The Morgan fingerprint density at radius 2 is 1.73 bits per heavy atom. The Morgan fingerprint density at radius 3 is 2.50 bits per heavy atom. The Kier molecular flexibility index (Phi) is 6.95. The first kappa shape index (κ1) is 20.8. The number of para-hydroxylation sites is 2. The molecule has 0 heterocycles. The number of carbonyl (C=O) groups excluding carboxylic acids is 2. The van der Waals surface area contributed by atoms with Crippen LogP contribution in [0.25, 0.3) is 6.08 Å². The largest absolute Gasteiger partial charge is 0.489 e. The summed E-state index contributed by atoms with van der Waals surface area (Å²) in [6.07, 6.45) is 2.82. The number of rotatable bonds is 7. The molecule has 0 unspecified atom stereocenters. The molecule has 0 fully saturated rings. The highest BCUT2D eigenvalue weighted by molar-refractivity contribution is 6.02. The molecule has 1 N–H and O–H groups in total. The van der Waals surface area contributed by atoms with E-state index in [4.69, 9.17) is 9.47 Å². The average Bonchev–Trinajstić information content (AvgIpc) is 2.74. The number of benzene rings is 3. The summed E-state index contributed by atoms with van der Waals surface area (Å²) in [5.74, 6) is -1.09. The van der Waals surface area contributed by atoms with Gasteiger partial charge in [-0.1, -0.05) is 42.5 Å². The molecule has 0 aliphatic rings. The fraction of sp³-hybridized carbons (Fsp3) is 0.0833. The third-order valence-electron chi connectivity index (χ3n) is 4.05. The van der Waals surface area contributed by atoms with Crippen molar-refractivity contribution in [2.24, 2.45) is 0 Å². The standard InChI is InChI=1S/C24H20FNO4/c1-17(27)30-23-15-18(11-13-21(23)25)12-14-24(28)26-22-10-6-5-7-19(22)16-29-20-8-3-2-4-9-20/h2-15H,16H2,1H3,(H,26,28). The number of hydrogen-bond donors (Lipinski definition) is 1. The molecule has 0 radical (unpaired) electrons. The highest BCUT2D eigenvalue weighted by atomic mass is 19.1. The number of halogens is 1. The maximum atomic E-state index is 13.7. The summed E-state index contributed by atoms with van der Waals surface area (Å²) in [5, 5.41) is 2.81. The molecule has 152 valence electrons. The lowest BCUT2D eigenvalue weighted by Crippen LogP contribution is -2.10. The summed E-state index contributed by atoms with van der Waals surface area (Å²) in [5.41, 5.74) is 1.97. The van der Waals surface area contributed by atoms with Gasteiger partial charge in [0.05, 0.1) is 0 Å². The molecule has 5 nitrogen and oxygen atoms in total. The van der Waals surface area contributed by atoms with Gasteiger partial charge in [0, 0.05) is 24.3 Å². The number of ether oxygens (including phenoxy) is 2. The van der Waals surface area contributed by atoms with Gasteiger partial charge in [-0.3, -0.25) is 9.59 Å². The lowest BCUT2D eigenvalue weighted by Gasteiger charge is -2.11. The number of esters is 1. The van der Waals surface area contributed by atoms with Crippen molar-refractivity contribution < 1.29 is 23.5 Å². The molecule has 3 rings (SSSR count). The second-order valence-electron chi connectivity index (χ2n) is 6.36. The van der Waals surface area contributed by atoms with E-state index in [0.29, 0.717) is 17.9 Å². The van der Waals surface area contributed by atoms with E-state index < -0.39 is 11.8 Å². The molecule has 30 heavy (non-hydrogen) atoms. The normalized spacial score (nSPS) is 10.6. The maximum absolute atomic E-state index is 13.7. The van der Waals surface area contributed by atoms with E-state index in [1.165, 1.54) is 37.3 Å².